The van der Waals surface area contributed by atoms with Crippen molar-refractivity contribution in [1.82, 2.24) is 10.1 Å². The highest BCUT2D eigenvalue weighted by molar-refractivity contribution is 6.30. The fraction of sp³-hybridized carbons (Fsp3) is 0.412. The minimum Gasteiger partial charge on any atom is -0.494 e. The normalized spacial score (nSPS) is 12.2. The van der Waals surface area contributed by atoms with Gasteiger partial charge in [0.15, 0.2) is 5.82 Å². The summed E-state index contributed by atoms with van der Waals surface area (Å²) < 4.78 is 10.6. The number of likely N-dealkylation sites (N-methyl/N-ethyl adjacent to an activating group) is 1. The Kier molecular flexibility index (Phi) is 6.63. The number of nitrogens with zero attached hydrogens (tertiary/aromatic N) is 2. The van der Waals surface area contributed by atoms with E-state index in [2.05, 4.69) is 10.5 Å². The van der Waals surface area contributed by atoms with Crippen molar-refractivity contribution in [2.75, 3.05) is 25.5 Å². The maximum Gasteiger partial charge on any atom is 0.242 e. The smallest absolute Gasteiger partial charge is 0.242 e. The molecule has 1 unspecified atom stereocenters. The van der Waals surface area contributed by atoms with E-state index >= 15 is 0 Å². The van der Waals surface area contributed by atoms with Gasteiger partial charge >= 0.3 is 0 Å². The molecule has 0 aliphatic carbocycles. The molecule has 0 aliphatic heterocycles. The van der Waals surface area contributed by atoms with Crippen LogP contribution >= 0.6 is 11.6 Å². The van der Waals surface area contributed by atoms with Gasteiger partial charge in [-0.15, -0.1) is 0 Å². The minimum atomic E-state index is -0.280. The number of halogens is 1. The van der Waals surface area contributed by atoms with Crippen molar-refractivity contribution in [3.05, 3.63) is 41.1 Å². The first-order chi connectivity index (χ1) is 11.5. The van der Waals surface area contributed by atoms with E-state index in [-0.39, 0.29) is 11.9 Å². The maximum absolute atomic E-state index is 12.2. The lowest BCUT2D eigenvalue weighted by Crippen LogP contribution is -2.40. The van der Waals surface area contributed by atoms with Gasteiger partial charge in [-0.1, -0.05) is 16.8 Å². The highest BCUT2D eigenvalue weighted by atomic mass is 35.5. The molecule has 130 valence electrons. The molecule has 0 fully saturated rings. The minimum absolute atomic E-state index is 0.121. The van der Waals surface area contributed by atoms with Gasteiger partial charge in [-0.05, 0) is 51.6 Å². The fourth-order valence-corrected chi connectivity index (χ4v) is 2.21. The summed E-state index contributed by atoms with van der Waals surface area (Å²) in [6, 6.07) is 8.66. The van der Waals surface area contributed by atoms with Gasteiger partial charge in [-0.25, -0.2) is 0 Å². The fourth-order valence-electron chi connectivity index (χ4n) is 2.08. The number of aromatic nitrogens is 1. The molecule has 0 saturated carbocycles. The molecule has 0 saturated heterocycles. The van der Waals surface area contributed by atoms with Crippen molar-refractivity contribution >= 4 is 23.3 Å². The van der Waals surface area contributed by atoms with Crippen LogP contribution in [0.4, 0.5) is 5.82 Å². The lowest BCUT2D eigenvalue weighted by molar-refractivity contribution is -0.120. The Morgan fingerprint density at radius 3 is 2.75 bits per heavy atom. The summed E-state index contributed by atoms with van der Waals surface area (Å²) in [5.41, 5.74) is 0. The van der Waals surface area contributed by atoms with E-state index in [1.54, 1.807) is 25.1 Å². The molecule has 0 spiro atoms. The number of aryl methyl sites for hydroxylation is 1. The second-order valence-electron chi connectivity index (χ2n) is 5.62. The van der Waals surface area contributed by atoms with Crippen LogP contribution in [0.3, 0.4) is 0 Å². The van der Waals surface area contributed by atoms with E-state index in [0.717, 1.165) is 18.7 Å². The van der Waals surface area contributed by atoms with Gasteiger partial charge in [0.05, 0.1) is 12.6 Å². The highest BCUT2D eigenvalue weighted by Crippen LogP contribution is 2.15. The standard InChI is InChI=1S/C17H22ClN3O3/c1-12-11-16(20-24-12)19-17(22)13(2)21(3)9-4-10-23-15-7-5-14(18)6-8-15/h5-8,11,13H,4,9-10H2,1-3H3,(H,19,20,22). The summed E-state index contributed by atoms with van der Waals surface area (Å²) in [7, 11) is 1.90. The van der Waals surface area contributed by atoms with Crippen molar-refractivity contribution in [2.45, 2.75) is 26.3 Å². The molecule has 2 rings (SSSR count). The molecule has 0 radical (unpaired) electrons. The topological polar surface area (TPSA) is 67.6 Å². The van der Waals surface area contributed by atoms with Crippen LogP contribution in [0.5, 0.6) is 5.75 Å². The van der Waals surface area contributed by atoms with E-state index in [4.69, 9.17) is 20.9 Å². The summed E-state index contributed by atoms with van der Waals surface area (Å²) in [5.74, 6) is 1.76. The molecule has 0 aliphatic rings. The van der Waals surface area contributed by atoms with Crippen molar-refractivity contribution in [3.63, 3.8) is 0 Å². The van der Waals surface area contributed by atoms with Crippen LogP contribution in [0.15, 0.2) is 34.9 Å². The zero-order valence-corrected chi connectivity index (χ0v) is 14.8. The molecule has 1 N–H and O–H groups in total. The van der Waals surface area contributed by atoms with E-state index < -0.39 is 0 Å². The Labute approximate surface area is 146 Å². The molecule has 1 aromatic carbocycles. The zero-order valence-electron chi connectivity index (χ0n) is 14.1. The third-order valence-electron chi connectivity index (χ3n) is 3.66. The van der Waals surface area contributed by atoms with Crippen LogP contribution in [0.1, 0.15) is 19.1 Å². The van der Waals surface area contributed by atoms with Crippen LogP contribution in [-0.4, -0.2) is 42.2 Å². The van der Waals surface area contributed by atoms with Gasteiger partial charge in [0.25, 0.3) is 0 Å². The highest BCUT2D eigenvalue weighted by Gasteiger charge is 2.18. The number of hydrogen-bond donors (Lipinski definition) is 1. The molecule has 24 heavy (non-hydrogen) atoms. The van der Waals surface area contributed by atoms with Gasteiger partial charge in [-0.2, -0.15) is 0 Å². The first-order valence-corrected chi connectivity index (χ1v) is 8.16. The summed E-state index contributed by atoms with van der Waals surface area (Å²) >= 11 is 5.83. The second kappa shape index (κ2) is 8.70. The summed E-state index contributed by atoms with van der Waals surface area (Å²) in [6.07, 6.45) is 0.805. The number of amides is 1. The Hall–Kier alpha value is -2.05. The molecule has 2 aromatic rings. The third kappa shape index (κ3) is 5.54. The number of carbonyl (C=O) groups excluding carboxylic acids is 1. The number of ether oxygens (including phenoxy) is 1. The molecule has 1 heterocycles. The Morgan fingerprint density at radius 2 is 2.12 bits per heavy atom. The van der Waals surface area contributed by atoms with Crippen molar-refractivity contribution in [2.24, 2.45) is 0 Å². The van der Waals surface area contributed by atoms with Gasteiger partial charge in [-0.3, -0.25) is 9.69 Å². The molecule has 0 bridgehead atoms. The predicted molar refractivity (Wildman–Crippen MR) is 93.5 cm³/mol. The molecular formula is C17H22ClN3O3. The molecule has 1 atom stereocenters. The van der Waals surface area contributed by atoms with Gasteiger partial charge in [0.1, 0.15) is 11.5 Å². The number of hydrogen-bond acceptors (Lipinski definition) is 5. The average Bonchev–Trinajstić information content (AvgIpc) is 2.97. The first-order valence-electron chi connectivity index (χ1n) is 7.78. The van der Waals surface area contributed by atoms with E-state index in [1.165, 1.54) is 0 Å². The molecular weight excluding hydrogens is 330 g/mol. The number of nitrogens with one attached hydrogen (secondary N) is 1. The lowest BCUT2D eigenvalue weighted by Gasteiger charge is -2.23. The summed E-state index contributed by atoms with van der Waals surface area (Å²) in [5, 5.41) is 7.18. The quantitative estimate of drug-likeness (QED) is 0.738. The van der Waals surface area contributed by atoms with E-state index in [9.17, 15) is 4.79 Å². The Morgan fingerprint density at radius 1 is 1.42 bits per heavy atom. The van der Waals surface area contributed by atoms with Crippen molar-refractivity contribution in [1.29, 1.82) is 0 Å². The van der Waals surface area contributed by atoms with Gasteiger partial charge in [0.2, 0.25) is 5.91 Å². The third-order valence-corrected chi connectivity index (χ3v) is 3.91. The molecule has 7 heteroatoms. The monoisotopic (exact) mass is 351 g/mol. The molecule has 1 amide bonds. The summed E-state index contributed by atoms with van der Waals surface area (Å²) in [6.45, 7) is 4.93. The molecule has 1 aromatic heterocycles. The largest absolute Gasteiger partial charge is 0.494 e. The predicted octanol–water partition coefficient (Wildman–Crippen LogP) is 3.36. The number of carbonyl (C=O) groups is 1. The zero-order chi connectivity index (χ0) is 17.5. The van der Waals surface area contributed by atoms with E-state index in [1.807, 2.05) is 31.0 Å². The van der Waals surface area contributed by atoms with Crippen LogP contribution in [0.25, 0.3) is 0 Å². The van der Waals surface area contributed by atoms with Crippen LogP contribution in [0, 0.1) is 6.92 Å². The maximum atomic E-state index is 12.2. The van der Waals surface area contributed by atoms with E-state index in [0.29, 0.717) is 23.2 Å². The SMILES string of the molecule is Cc1cc(NC(=O)C(C)N(C)CCCOc2ccc(Cl)cc2)no1. The number of rotatable bonds is 8. The lowest BCUT2D eigenvalue weighted by atomic mass is 10.2. The van der Waals surface area contributed by atoms with Crippen molar-refractivity contribution < 1.29 is 14.1 Å². The molecule has 6 nitrogen and oxygen atoms in total. The van der Waals surface area contributed by atoms with Crippen molar-refractivity contribution in [3.8, 4) is 5.75 Å². The van der Waals surface area contributed by atoms with Crippen LogP contribution in [0.2, 0.25) is 5.02 Å². The van der Waals surface area contributed by atoms with Gasteiger partial charge in [0, 0.05) is 17.6 Å². The number of benzene rings is 1. The first kappa shape index (κ1) is 18.3. The van der Waals surface area contributed by atoms with Crippen LogP contribution in [-0.2, 0) is 4.79 Å². The van der Waals surface area contributed by atoms with Crippen LogP contribution < -0.4 is 10.1 Å². The van der Waals surface area contributed by atoms with Gasteiger partial charge < -0.3 is 14.6 Å². The number of anilines is 1. The Bertz CT molecular complexity index is 657. The summed E-state index contributed by atoms with van der Waals surface area (Å²) in [4.78, 5) is 14.1. The Balaban J connectivity index is 1.69. The second-order valence-corrected chi connectivity index (χ2v) is 6.06. The average molecular weight is 352 g/mol.